The standard InChI is InChI=1S/C19H23NO3/c21-13-14-23-19(22)11-12-20(15-17-7-3-1-4-8-17)16-18-9-5-2-6-10-18/h1-10,21H,11-16H2. The van der Waals surface area contributed by atoms with E-state index in [1.54, 1.807) is 0 Å². The van der Waals surface area contributed by atoms with Gasteiger partial charge in [-0.05, 0) is 11.1 Å². The van der Waals surface area contributed by atoms with Crippen LogP contribution in [-0.2, 0) is 22.6 Å². The van der Waals surface area contributed by atoms with E-state index >= 15 is 0 Å². The minimum absolute atomic E-state index is 0.0657. The van der Waals surface area contributed by atoms with Crippen molar-refractivity contribution in [2.75, 3.05) is 19.8 Å². The Bertz CT molecular complexity index is 530. The first-order chi connectivity index (χ1) is 11.3. The van der Waals surface area contributed by atoms with E-state index < -0.39 is 0 Å². The Morgan fingerprint density at radius 2 is 1.43 bits per heavy atom. The fraction of sp³-hybridized carbons (Fsp3) is 0.316. The van der Waals surface area contributed by atoms with Crippen molar-refractivity contribution in [3.8, 4) is 0 Å². The summed E-state index contributed by atoms with van der Waals surface area (Å²) in [6.07, 6.45) is 0.319. The Balaban J connectivity index is 1.95. The molecule has 4 heteroatoms. The van der Waals surface area contributed by atoms with Crippen molar-refractivity contribution < 1.29 is 14.6 Å². The molecule has 0 unspecified atom stereocenters. The van der Waals surface area contributed by atoms with Crippen molar-refractivity contribution in [3.63, 3.8) is 0 Å². The molecule has 0 radical (unpaired) electrons. The van der Waals surface area contributed by atoms with Crippen molar-refractivity contribution in [2.24, 2.45) is 0 Å². The minimum Gasteiger partial charge on any atom is -0.463 e. The quantitative estimate of drug-likeness (QED) is 0.723. The van der Waals surface area contributed by atoms with Crippen LogP contribution in [0.15, 0.2) is 60.7 Å². The van der Waals surface area contributed by atoms with Crippen LogP contribution in [0.4, 0.5) is 0 Å². The molecule has 0 heterocycles. The van der Waals surface area contributed by atoms with Crippen molar-refractivity contribution in [3.05, 3.63) is 71.8 Å². The van der Waals surface area contributed by atoms with Crippen LogP contribution in [0.25, 0.3) is 0 Å². The summed E-state index contributed by atoms with van der Waals surface area (Å²) in [6, 6.07) is 20.4. The van der Waals surface area contributed by atoms with Crippen LogP contribution in [-0.4, -0.2) is 35.7 Å². The summed E-state index contributed by atoms with van der Waals surface area (Å²) in [5.41, 5.74) is 2.43. The Morgan fingerprint density at radius 1 is 0.913 bits per heavy atom. The molecule has 0 atom stereocenters. The summed E-state index contributed by atoms with van der Waals surface area (Å²) in [6.45, 7) is 2.11. The third-order valence-electron chi connectivity index (χ3n) is 3.48. The molecule has 0 amide bonds. The van der Waals surface area contributed by atoms with Gasteiger partial charge < -0.3 is 9.84 Å². The highest BCUT2D eigenvalue weighted by Crippen LogP contribution is 2.10. The highest BCUT2D eigenvalue weighted by atomic mass is 16.5. The molecule has 0 aliphatic carbocycles. The monoisotopic (exact) mass is 313 g/mol. The van der Waals surface area contributed by atoms with Crippen molar-refractivity contribution in [1.29, 1.82) is 0 Å². The van der Waals surface area contributed by atoms with Gasteiger partial charge in [0.1, 0.15) is 6.61 Å². The van der Waals surface area contributed by atoms with Crippen LogP contribution in [0.1, 0.15) is 17.5 Å². The number of nitrogens with zero attached hydrogens (tertiary/aromatic N) is 1. The van der Waals surface area contributed by atoms with E-state index in [0.717, 1.165) is 13.1 Å². The lowest BCUT2D eigenvalue weighted by atomic mass is 10.1. The average Bonchev–Trinajstić information content (AvgIpc) is 2.59. The summed E-state index contributed by atoms with van der Waals surface area (Å²) in [5, 5.41) is 8.69. The largest absolute Gasteiger partial charge is 0.463 e. The first-order valence-electron chi connectivity index (χ1n) is 7.84. The molecular weight excluding hydrogens is 290 g/mol. The molecule has 1 N–H and O–H groups in total. The van der Waals surface area contributed by atoms with Crippen LogP contribution in [0.5, 0.6) is 0 Å². The lowest BCUT2D eigenvalue weighted by molar-refractivity contribution is -0.145. The smallest absolute Gasteiger partial charge is 0.307 e. The van der Waals surface area contributed by atoms with Gasteiger partial charge in [-0.1, -0.05) is 60.7 Å². The van der Waals surface area contributed by atoms with Crippen molar-refractivity contribution in [2.45, 2.75) is 19.5 Å². The van der Waals surface area contributed by atoms with Gasteiger partial charge in [0, 0.05) is 19.6 Å². The first kappa shape index (κ1) is 17.2. The van der Waals surface area contributed by atoms with E-state index in [1.807, 2.05) is 36.4 Å². The molecule has 4 nitrogen and oxygen atoms in total. The van der Waals surface area contributed by atoms with Crippen LogP contribution in [0.3, 0.4) is 0 Å². The maximum absolute atomic E-state index is 11.7. The number of esters is 1. The molecule has 2 aromatic rings. The molecule has 0 aromatic heterocycles. The maximum atomic E-state index is 11.7. The predicted octanol–water partition coefficient (Wildman–Crippen LogP) is 2.61. The molecular formula is C19H23NO3. The molecule has 0 spiro atoms. The second-order valence-corrected chi connectivity index (χ2v) is 5.38. The molecule has 0 saturated carbocycles. The van der Waals surface area contributed by atoms with Gasteiger partial charge in [0.15, 0.2) is 0 Å². The Morgan fingerprint density at radius 3 is 1.91 bits per heavy atom. The molecule has 23 heavy (non-hydrogen) atoms. The van der Waals surface area contributed by atoms with E-state index in [2.05, 4.69) is 29.2 Å². The van der Waals surface area contributed by atoms with Gasteiger partial charge >= 0.3 is 5.97 Å². The second kappa shape index (κ2) is 9.77. The molecule has 0 saturated heterocycles. The number of hydrogen-bond acceptors (Lipinski definition) is 4. The van der Waals surface area contributed by atoms with Gasteiger partial charge in [0.2, 0.25) is 0 Å². The van der Waals surface area contributed by atoms with Crippen molar-refractivity contribution in [1.82, 2.24) is 4.90 Å². The maximum Gasteiger partial charge on any atom is 0.307 e. The summed E-state index contributed by atoms with van der Waals surface area (Å²) < 4.78 is 4.93. The van der Waals surface area contributed by atoms with Gasteiger partial charge in [-0.25, -0.2) is 0 Å². The summed E-state index contributed by atoms with van der Waals surface area (Å²) >= 11 is 0. The van der Waals surface area contributed by atoms with Crippen LogP contribution in [0.2, 0.25) is 0 Å². The van der Waals surface area contributed by atoms with E-state index in [4.69, 9.17) is 9.84 Å². The lowest BCUT2D eigenvalue weighted by Gasteiger charge is -2.22. The number of aliphatic hydroxyl groups excluding tert-OH is 1. The Labute approximate surface area is 137 Å². The fourth-order valence-corrected chi connectivity index (χ4v) is 2.38. The molecule has 122 valence electrons. The molecule has 0 fully saturated rings. The number of carbonyl (C=O) groups is 1. The fourth-order valence-electron chi connectivity index (χ4n) is 2.38. The van der Waals surface area contributed by atoms with Gasteiger partial charge in [0.25, 0.3) is 0 Å². The number of carbonyl (C=O) groups excluding carboxylic acids is 1. The summed E-state index contributed by atoms with van der Waals surface area (Å²) in [5.74, 6) is -0.273. The Kier molecular flexibility index (Phi) is 7.30. The van der Waals surface area contributed by atoms with Crippen LogP contribution >= 0.6 is 0 Å². The normalized spacial score (nSPS) is 10.7. The van der Waals surface area contributed by atoms with E-state index in [1.165, 1.54) is 11.1 Å². The van der Waals surface area contributed by atoms with Gasteiger partial charge in [-0.15, -0.1) is 0 Å². The SMILES string of the molecule is O=C(CCN(Cc1ccccc1)Cc1ccccc1)OCCO. The van der Waals surface area contributed by atoms with E-state index in [0.29, 0.717) is 13.0 Å². The third kappa shape index (κ3) is 6.63. The third-order valence-corrected chi connectivity index (χ3v) is 3.48. The first-order valence-corrected chi connectivity index (χ1v) is 7.84. The zero-order valence-electron chi connectivity index (χ0n) is 13.2. The number of ether oxygens (including phenoxy) is 1. The number of benzene rings is 2. The number of hydrogen-bond donors (Lipinski definition) is 1. The van der Waals surface area contributed by atoms with Gasteiger partial charge in [0.05, 0.1) is 13.0 Å². The molecule has 2 aromatic carbocycles. The van der Waals surface area contributed by atoms with Crippen molar-refractivity contribution >= 4 is 5.97 Å². The number of rotatable bonds is 9. The predicted molar refractivity (Wildman–Crippen MR) is 89.7 cm³/mol. The Hall–Kier alpha value is -2.17. The summed E-state index contributed by atoms with van der Waals surface area (Å²) in [4.78, 5) is 13.9. The molecule has 0 bridgehead atoms. The second-order valence-electron chi connectivity index (χ2n) is 5.38. The van der Waals surface area contributed by atoms with E-state index in [9.17, 15) is 4.79 Å². The van der Waals surface area contributed by atoms with Gasteiger partial charge in [-0.3, -0.25) is 9.69 Å². The minimum atomic E-state index is -0.273. The molecule has 0 aliphatic rings. The topological polar surface area (TPSA) is 49.8 Å². The van der Waals surface area contributed by atoms with E-state index in [-0.39, 0.29) is 19.2 Å². The average molecular weight is 313 g/mol. The highest BCUT2D eigenvalue weighted by Gasteiger charge is 2.10. The van der Waals surface area contributed by atoms with Crippen LogP contribution < -0.4 is 0 Å². The zero-order chi connectivity index (χ0) is 16.3. The molecule has 2 rings (SSSR count). The zero-order valence-corrected chi connectivity index (χ0v) is 13.2. The molecule has 0 aliphatic heterocycles. The van der Waals surface area contributed by atoms with Crippen LogP contribution in [0, 0.1) is 0 Å². The van der Waals surface area contributed by atoms with Gasteiger partial charge in [-0.2, -0.15) is 0 Å². The summed E-state index contributed by atoms with van der Waals surface area (Å²) in [7, 11) is 0. The highest BCUT2D eigenvalue weighted by molar-refractivity contribution is 5.69. The lowest BCUT2D eigenvalue weighted by Crippen LogP contribution is -2.26. The number of aliphatic hydroxyl groups is 1.